The molecule has 0 unspecified atom stereocenters. The lowest BCUT2D eigenvalue weighted by Gasteiger charge is -2.14. The van der Waals surface area contributed by atoms with Crippen LogP contribution in [0.2, 0.25) is 10.0 Å². The molecule has 1 aromatic carbocycles. The van der Waals surface area contributed by atoms with Crippen LogP contribution >= 0.6 is 23.2 Å². The molecule has 0 spiro atoms. The minimum atomic E-state index is 0.192. The fourth-order valence-corrected chi connectivity index (χ4v) is 1.62. The lowest BCUT2D eigenvalue weighted by Crippen LogP contribution is -2.24. The highest BCUT2D eigenvalue weighted by atomic mass is 35.5. The number of hydrogen-bond acceptors (Lipinski definition) is 2. The Bertz CT molecular complexity index is 317. The Morgan fingerprint density at radius 3 is 2.53 bits per heavy atom. The Morgan fingerprint density at radius 1 is 1.20 bits per heavy atom. The lowest BCUT2D eigenvalue weighted by atomic mass is 10.1. The first kappa shape index (κ1) is 12.8. The molecular formula is C11H15Cl2NO. The molecule has 0 saturated carbocycles. The summed E-state index contributed by atoms with van der Waals surface area (Å²) >= 11 is 11.7. The molecule has 1 aromatic rings. The van der Waals surface area contributed by atoms with E-state index in [1.807, 2.05) is 25.2 Å². The first-order chi connectivity index (χ1) is 7.13. The van der Waals surface area contributed by atoms with Crippen LogP contribution in [-0.2, 0) is 6.42 Å². The molecule has 0 amide bonds. The van der Waals surface area contributed by atoms with Gasteiger partial charge in [-0.05, 0) is 31.2 Å². The average Bonchev–Trinajstić information content (AvgIpc) is 2.20. The predicted molar refractivity (Wildman–Crippen MR) is 64.7 cm³/mol. The van der Waals surface area contributed by atoms with Gasteiger partial charge in [-0.3, -0.25) is 0 Å². The number of aliphatic hydroxyl groups is 1. The third-order valence-corrected chi connectivity index (χ3v) is 2.99. The zero-order chi connectivity index (χ0) is 11.3. The number of likely N-dealkylation sites (N-methyl/N-ethyl adjacent to an activating group) is 1. The van der Waals surface area contributed by atoms with E-state index in [2.05, 4.69) is 4.90 Å². The summed E-state index contributed by atoms with van der Waals surface area (Å²) in [4.78, 5) is 2.07. The monoisotopic (exact) mass is 247 g/mol. The maximum absolute atomic E-state index is 8.73. The van der Waals surface area contributed by atoms with Crippen molar-refractivity contribution < 1.29 is 5.11 Å². The third kappa shape index (κ3) is 4.39. The van der Waals surface area contributed by atoms with Crippen molar-refractivity contribution in [2.45, 2.75) is 6.42 Å². The van der Waals surface area contributed by atoms with Crippen molar-refractivity contribution in [1.29, 1.82) is 0 Å². The van der Waals surface area contributed by atoms with Gasteiger partial charge in [-0.25, -0.2) is 0 Å². The van der Waals surface area contributed by atoms with E-state index in [0.717, 1.165) is 18.5 Å². The molecule has 84 valence electrons. The van der Waals surface area contributed by atoms with Crippen LogP contribution < -0.4 is 0 Å². The second-order valence-corrected chi connectivity index (χ2v) is 4.34. The van der Waals surface area contributed by atoms with Crippen molar-refractivity contribution in [3.8, 4) is 0 Å². The van der Waals surface area contributed by atoms with Gasteiger partial charge >= 0.3 is 0 Å². The molecule has 0 aliphatic rings. The van der Waals surface area contributed by atoms with Crippen molar-refractivity contribution in [3.05, 3.63) is 33.8 Å². The van der Waals surface area contributed by atoms with Crippen LogP contribution in [-0.4, -0.2) is 36.8 Å². The summed E-state index contributed by atoms with van der Waals surface area (Å²) < 4.78 is 0. The summed E-state index contributed by atoms with van der Waals surface area (Å²) in [5.41, 5.74) is 1.16. The molecule has 0 aliphatic carbocycles. The lowest BCUT2D eigenvalue weighted by molar-refractivity contribution is 0.223. The molecule has 4 heteroatoms. The first-order valence-corrected chi connectivity index (χ1v) is 5.62. The van der Waals surface area contributed by atoms with Crippen LogP contribution in [0.1, 0.15) is 5.56 Å². The summed E-state index contributed by atoms with van der Waals surface area (Å²) in [5, 5.41) is 9.92. The molecule has 1 rings (SSSR count). The average molecular weight is 248 g/mol. The van der Waals surface area contributed by atoms with Gasteiger partial charge in [0.25, 0.3) is 0 Å². The Kier molecular flexibility index (Phi) is 5.40. The van der Waals surface area contributed by atoms with Gasteiger partial charge < -0.3 is 10.0 Å². The van der Waals surface area contributed by atoms with Crippen LogP contribution in [0, 0.1) is 0 Å². The molecule has 0 aromatic heterocycles. The van der Waals surface area contributed by atoms with Gasteiger partial charge in [0.05, 0.1) is 16.7 Å². The second-order valence-electron chi connectivity index (χ2n) is 3.53. The van der Waals surface area contributed by atoms with E-state index in [-0.39, 0.29) is 6.61 Å². The van der Waals surface area contributed by atoms with Crippen LogP contribution in [0.3, 0.4) is 0 Å². The smallest absolute Gasteiger partial charge is 0.0595 e. The number of hydrogen-bond donors (Lipinski definition) is 1. The van der Waals surface area contributed by atoms with E-state index < -0.39 is 0 Å². The van der Waals surface area contributed by atoms with Crippen molar-refractivity contribution in [3.63, 3.8) is 0 Å². The van der Waals surface area contributed by atoms with Crippen LogP contribution in [0.4, 0.5) is 0 Å². The predicted octanol–water partition coefficient (Wildman–Crippen LogP) is 2.46. The highest BCUT2D eigenvalue weighted by Crippen LogP contribution is 2.22. The van der Waals surface area contributed by atoms with E-state index in [4.69, 9.17) is 28.3 Å². The molecule has 1 N–H and O–H groups in total. The minimum absolute atomic E-state index is 0.192. The second kappa shape index (κ2) is 6.33. The fourth-order valence-electron chi connectivity index (χ4n) is 1.30. The Balaban J connectivity index is 2.47. The standard InChI is InChI=1S/C11H15Cl2NO/c1-14(6-7-15)5-4-9-2-3-10(12)11(13)8-9/h2-3,8,15H,4-7H2,1H3. The molecule has 0 radical (unpaired) electrons. The quantitative estimate of drug-likeness (QED) is 0.865. The van der Waals surface area contributed by atoms with E-state index in [0.29, 0.717) is 16.6 Å². The summed E-state index contributed by atoms with van der Waals surface area (Å²) in [6, 6.07) is 5.67. The summed E-state index contributed by atoms with van der Waals surface area (Å²) in [7, 11) is 1.98. The van der Waals surface area contributed by atoms with Gasteiger partial charge in [-0.1, -0.05) is 29.3 Å². The molecule has 0 fully saturated rings. The van der Waals surface area contributed by atoms with Crippen LogP contribution in [0.15, 0.2) is 18.2 Å². The van der Waals surface area contributed by atoms with E-state index in [9.17, 15) is 0 Å². The number of aliphatic hydroxyl groups excluding tert-OH is 1. The zero-order valence-corrected chi connectivity index (χ0v) is 10.2. The zero-order valence-electron chi connectivity index (χ0n) is 8.71. The third-order valence-electron chi connectivity index (χ3n) is 2.25. The van der Waals surface area contributed by atoms with Crippen LogP contribution in [0.25, 0.3) is 0 Å². The maximum atomic E-state index is 8.73. The van der Waals surface area contributed by atoms with Crippen molar-refractivity contribution in [1.82, 2.24) is 4.90 Å². The van der Waals surface area contributed by atoms with Gasteiger partial charge in [0.15, 0.2) is 0 Å². The van der Waals surface area contributed by atoms with Gasteiger partial charge in [-0.2, -0.15) is 0 Å². The SMILES string of the molecule is CN(CCO)CCc1ccc(Cl)c(Cl)c1. The fraction of sp³-hybridized carbons (Fsp3) is 0.455. The minimum Gasteiger partial charge on any atom is -0.395 e. The van der Waals surface area contributed by atoms with Gasteiger partial charge in [0.2, 0.25) is 0 Å². The summed E-state index contributed by atoms with van der Waals surface area (Å²) in [5.74, 6) is 0. The Hall–Kier alpha value is -0.280. The maximum Gasteiger partial charge on any atom is 0.0595 e. The van der Waals surface area contributed by atoms with E-state index >= 15 is 0 Å². The highest BCUT2D eigenvalue weighted by molar-refractivity contribution is 6.42. The molecule has 0 atom stereocenters. The van der Waals surface area contributed by atoms with Crippen molar-refractivity contribution >= 4 is 23.2 Å². The first-order valence-electron chi connectivity index (χ1n) is 4.87. The van der Waals surface area contributed by atoms with Crippen molar-refractivity contribution in [2.24, 2.45) is 0 Å². The number of halogens is 2. The number of nitrogens with zero attached hydrogens (tertiary/aromatic N) is 1. The van der Waals surface area contributed by atoms with Gasteiger partial charge in [0, 0.05) is 13.1 Å². The van der Waals surface area contributed by atoms with Gasteiger partial charge in [0.1, 0.15) is 0 Å². The normalized spacial score (nSPS) is 11.0. The molecule has 0 aliphatic heterocycles. The molecule has 0 saturated heterocycles. The van der Waals surface area contributed by atoms with Crippen molar-refractivity contribution in [2.75, 3.05) is 26.7 Å². The molecule has 0 heterocycles. The molecule has 15 heavy (non-hydrogen) atoms. The summed E-state index contributed by atoms with van der Waals surface area (Å²) in [6.45, 7) is 1.79. The molecule has 2 nitrogen and oxygen atoms in total. The summed E-state index contributed by atoms with van der Waals surface area (Å²) in [6.07, 6.45) is 0.910. The number of rotatable bonds is 5. The molecule has 0 bridgehead atoms. The van der Waals surface area contributed by atoms with Gasteiger partial charge in [-0.15, -0.1) is 0 Å². The van der Waals surface area contributed by atoms with E-state index in [1.54, 1.807) is 0 Å². The van der Waals surface area contributed by atoms with E-state index in [1.165, 1.54) is 0 Å². The Labute approximate surface area is 100 Å². The van der Waals surface area contributed by atoms with Crippen LogP contribution in [0.5, 0.6) is 0 Å². The molecular weight excluding hydrogens is 233 g/mol. The topological polar surface area (TPSA) is 23.5 Å². The largest absolute Gasteiger partial charge is 0.395 e. The highest BCUT2D eigenvalue weighted by Gasteiger charge is 2.01. The number of benzene rings is 1. The Morgan fingerprint density at radius 2 is 1.93 bits per heavy atom.